The van der Waals surface area contributed by atoms with Gasteiger partial charge in [-0.2, -0.15) is 0 Å². The molecular formula is C15H15N3O3. The van der Waals surface area contributed by atoms with Gasteiger partial charge in [0.2, 0.25) is 0 Å². The fraction of sp³-hybridized carbons (Fsp3) is 0.133. The largest absolute Gasteiger partial charge is 0.393 e. The maximum atomic E-state index is 12.2. The van der Waals surface area contributed by atoms with Crippen LogP contribution in [0, 0.1) is 24.0 Å². The van der Waals surface area contributed by atoms with Crippen molar-refractivity contribution >= 4 is 23.0 Å². The maximum Gasteiger partial charge on any atom is 0.292 e. The number of para-hydroxylation sites is 1. The molecule has 2 aromatic rings. The number of hydrogen-bond donors (Lipinski definition) is 2. The molecule has 108 valence electrons. The third-order valence-electron chi connectivity index (χ3n) is 3.29. The first-order valence-electron chi connectivity index (χ1n) is 6.31. The number of nitro benzene ring substituents is 1. The monoisotopic (exact) mass is 285 g/mol. The van der Waals surface area contributed by atoms with Crippen molar-refractivity contribution in [3.05, 3.63) is 63.2 Å². The second-order valence-electron chi connectivity index (χ2n) is 4.75. The molecule has 0 fully saturated rings. The number of hydrogen-bond acceptors (Lipinski definition) is 4. The summed E-state index contributed by atoms with van der Waals surface area (Å²) in [5.74, 6) is -0.473. The van der Waals surface area contributed by atoms with Crippen LogP contribution in [0.1, 0.15) is 21.5 Å². The van der Waals surface area contributed by atoms with Gasteiger partial charge in [-0.25, -0.2) is 0 Å². The SMILES string of the molecule is Cc1ccc(NC(=O)c2cccc([N+](=O)[O-])c2N)cc1C. The Hall–Kier alpha value is -2.89. The molecule has 3 N–H and O–H groups in total. The number of nitrogens with zero attached hydrogens (tertiary/aromatic N) is 1. The van der Waals surface area contributed by atoms with Crippen molar-refractivity contribution < 1.29 is 9.72 Å². The van der Waals surface area contributed by atoms with Gasteiger partial charge in [0.25, 0.3) is 11.6 Å². The molecule has 0 aliphatic carbocycles. The summed E-state index contributed by atoms with van der Waals surface area (Å²) in [5, 5.41) is 13.5. The lowest BCUT2D eigenvalue weighted by atomic mass is 10.1. The number of nitrogen functional groups attached to an aromatic ring is 1. The summed E-state index contributed by atoms with van der Waals surface area (Å²) < 4.78 is 0. The lowest BCUT2D eigenvalue weighted by molar-refractivity contribution is -0.383. The molecule has 2 rings (SSSR count). The van der Waals surface area contributed by atoms with Crippen LogP contribution in [-0.2, 0) is 0 Å². The minimum absolute atomic E-state index is 0.0856. The summed E-state index contributed by atoms with van der Waals surface area (Å²) in [6.45, 7) is 3.91. The zero-order valence-electron chi connectivity index (χ0n) is 11.7. The van der Waals surface area contributed by atoms with E-state index in [4.69, 9.17) is 5.73 Å². The predicted octanol–water partition coefficient (Wildman–Crippen LogP) is 3.05. The first kappa shape index (κ1) is 14.5. The summed E-state index contributed by atoms with van der Waals surface area (Å²) in [4.78, 5) is 22.4. The average Bonchev–Trinajstić information content (AvgIpc) is 2.42. The Morgan fingerprint density at radius 1 is 1.19 bits per heavy atom. The van der Waals surface area contributed by atoms with Gasteiger partial charge in [0.05, 0.1) is 10.5 Å². The minimum Gasteiger partial charge on any atom is -0.393 e. The maximum absolute atomic E-state index is 12.2. The van der Waals surface area contributed by atoms with Crippen LogP contribution in [0.3, 0.4) is 0 Å². The first-order chi connectivity index (χ1) is 9.90. The summed E-state index contributed by atoms with van der Waals surface area (Å²) >= 11 is 0. The number of amides is 1. The number of rotatable bonds is 3. The molecule has 0 unspecified atom stereocenters. The quantitative estimate of drug-likeness (QED) is 0.514. The lowest BCUT2D eigenvalue weighted by Gasteiger charge is -2.09. The minimum atomic E-state index is -0.609. The van der Waals surface area contributed by atoms with Crippen molar-refractivity contribution in [1.82, 2.24) is 0 Å². The smallest absolute Gasteiger partial charge is 0.292 e. The molecule has 6 nitrogen and oxygen atoms in total. The third kappa shape index (κ3) is 3.00. The van der Waals surface area contributed by atoms with Crippen LogP contribution < -0.4 is 11.1 Å². The Bertz CT molecular complexity index is 726. The van der Waals surface area contributed by atoms with Crippen molar-refractivity contribution in [3.8, 4) is 0 Å². The fourth-order valence-corrected chi connectivity index (χ4v) is 1.93. The Morgan fingerprint density at radius 2 is 1.90 bits per heavy atom. The molecule has 0 aliphatic rings. The van der Waals surface area contributed by atoms with E-state index in [2.05, 4.69) is 5.32 Å². The molecule has 0 heterocycles. The summed E-state index contributed by atoms with van der Waals surface area (Å²) in [5.41, 5.74) is 8.14. The van der Waals surface area contributed by atoms with E-state index in [0.29, 0.717) is 5.69 Å². The van der Waals surface area contributed by atoms with Gasteiger partial charge in [0, 0.05) is 11.8 Å². The summed E-state index contributed by atoms with van der Waals surface area (Å²) in [6, 6.07) is 9.65. The average molecular weight is 285 g/mol. The van der Waals surface area contributed by atoms with Gasteiger partial charge in [-0.1, -0.05) is 12.1 Å². The van der Waals surface area contributed by atoms with Crippen molar-refractivity contribution in [2.75, 3.05) is 11.1 Å². The van der Waals surface area contributed by atoms with E-state index in [9.17, 15) is 14.9 Å². The molecule has 0 saturated heterocycles. The van der Waals surface area contributed by atoms with Gasteiger partial charge < -0.3 is 11.1 Å². The van der Waals surface area contributed by atoms with Crippen LogP contribution in [0.2, 0.25) is 0 Å². The number of carbonyl (C=O) groups excluding carboxylic acids is 1. The van der Waals surface area contributed by atoms with E-state index in [0.717, 1.165) is 11.1 Å². The Morgan fingerprint density at radius 3 is 2.52 bits per heavy atom. The molecule has 0 atom stereocenters. The Kier molecular flexibility index (Phi) is 3.89. The molecule has 0 spiro atoms. The van der Waals surface area contributed by atoms with Crippen LogP contribution in [0.25, 0.3) is 0 Å². The van der Waals surface area contributed by atoms with Gasteiger partial charge in [-0.3, -0.25) is 14.9 Å². The van der Waals surface area contributed by atoms with Crippen LogP contribution in [0.5, 0.6) is 0 Å². The van der Waals surface area contributed by atoms with Crippen molar-refractivity contribution in [2.24, 2.45) is 0 Å². The van der Waals surface area contributed by atoms with Crippen LogP contribution >= 0.6 is 0 Å². The highest BCUT2D eigenvalue weighted by Gasteiger charge is 2.19. The predicted molar refractivity (Wildman–Crippen MR) is 81.4 cm³/mol. The number of nitrogens with one attached hydrogen (secondary N) is 1. The van der Waals surface area contributed by atoms with Gasteiger partial charge in [0.1, 0.15) is 5.69 Å². The van der Waals surface area contributed by atoms with E-state index >= 15 is 0 Å². The molecule has 21 heavy (non-hydrogen) atoms. The number of aryl methyl sites for hydroxylation is 2. The second kappa shape index (κ2) is 5.62. The number of anilines is 2. The number of nitrogens with two attached hydrogens (primary N) is 1. The molecule has 0 saturated carbocycles. The highest BCUT2D eigenvalue weighted by molar-refractivity contribution is 6.08. The van der Waals surface area contributed by atoms with E-state index in [1.807, 2.05) is 26.0 Å². The molecule has 0 radical (unpaired) electrons. The summed E-state index contributed by atoms with van der Waals surface area (Å²) in [7, 11) is 0. The highest BCUT2D eigenvalue weighted by atomic mass is 16.6. The van der Waals surface area contributed by atoms with Crippen LogP contribution in [-0.4, -0.2) is 10.8 Å². The zero-order chi connectivity index (χ0) is 15.6. The topological polar surface area (TPSA) is 98.3 Å². The molecule has 6 heteroatoms. The number of carbonyl (C=O) groups is 1. The number of benzene rings is 2. The third-order valence-corrected chi connectivity index (χ3v) is 3.29. The lowest BCUT2D eigenvalue weighted by Crippen LogP contribution is -2.15. The van der Waals surface area contributed by atoms with Crippen LogP contribution in [0.4, 0.5) is 17.1 Å². The second-order valence-corrected chi connectivity index (χ2v) is 4.75. The van der Waals surface area contributed by atoms with Gasteiger partial charge in [-0.05, 0) is 43.2 Å². The normalized spacial score (nSPS) is 10.2. The van der Waals surface area contributed by atoms with Crippen molar-refractivity contribution in [1.29, 1.82) is 0 Å². The highest BCUT2D eigenvalue weighted by Crippen LogP contribution is 2.25. The van der Waals surface area contributed by atoms with Crippen LogP contribution in [0.15, 0.2) is 36.4 Å². The van der Waals surface area contributed by atoms with E-state index < -0.39 is 10.8 Å². The van der Waals surface area contributed by atoms with E-state index in [1.54, 1.807) is 6.07 Å². The molecule has 2 aromatic carbocycles. The zero-order valence-corrected chi connectivity index (χ0v) is 11.7. The molecule has 1 amide bonds. The van der Waals surface area contributed by atoms with Gasteiger partial charge >= 0.3 is 0 Å². The molecule has 0 aliphatic heterocycles. The van der Waals surface area contributed by atoms with Gasteiger partial charge in [0.15, 0.2) is 0 Å². The Labute approximate surface area is 121 Å². The number of nitro groups is 1. The van der Waals surface area contributed by atoms with Gasteiger partial charge in [-0.15, -0.1) is 0 Å². The van der Waals surface area contributed by atoms with Crippen molar-refractivity contribution in [3.63, 3.8) is 0 Å². The van der Waals surface area contributed by atoms with E-state index in [1.165, 1.54) is 18.2 Å². The van der Waals surface area contributed by atoms with Crippen molar-refractivity contribution in [2.45, 2.75) is 13.8 Å². The molecule has 0 bridgehead atoms. The summed E-state index contributed by atoms with van der Waals surface area (Å²) in [6.07, 6.45) is 0. The molecule has 0 aromatic heterocycles. The standard InChI is InChI=1S/C15H15N3O3/c1-9-6-7-11(8-10(9)2)17-15(19)12-4-3-5-13(14(12)16)18(20)21/h3-8H,16H2,1-2H3,(H,17,19). The Balaban J connectivity index is 2.30. The first-order valence-corrected chi connectivity index (χ1v) is 6.31. The molecular weight excluding hydrogens is 270 g/mol. The fourth-order valence-electron chi connectivity index (χ4n) is 1.93. The van der Waals surface area contributed by atoms with E-state index in [-0.39, 0.29) is 16.9 Å².